The third kappa shape index (κ3) is 5.26. The van der Waals surface area contributed by atoms with Crippen molar-refractivity contribution in [3.63, 3.8) is 0 Å². The van der Waals surface area contributed by atoms with Crippen LogP contribution in [-0.4, -0.2) is 15.6 Å². The lowest BCUT2D eigenvalue weighted by Crippen LogP contribution is -2.48. The molecular formula is C20H27NO2S. The zero-order valence-corrected chi connectivity index (χ0v) is 15.7. The largest absolute Gasteiger partial charge is 0.374 e. The molecule has 24 heavy (non-hydrogen) atoms. The third-order valence-corrected chi connectivity index (χ3v) is 5.54. The van der Waals surface area contributed by atoms with Gasteiger partial charge in [0.15, 0.2) is 0 Å². The van der Waals surface area contributed by atoms with Gasteiger partial charge in [0.2, 0.25) is 0 Å². The van der Waals surface area contributed by atoms with E-state index in [9.17, 15) is 4.21 Å². The van der Waals surface area contributed by atoms with E-state index in [1.807, 2.05) is 88.4 Å². The molecule has 0 aliphatic heterocycles. The third-order valence-electron chi connectivity index (χ3n) is 3.79. The Morgan fingerprint density at radius 3 is 2.00 bits per heavy atom. The van der Waals surface area contributed by atoms with E-state index in [1.54, 1.807) is 0 Å². The highest BCUT2D eigenvalue weighted by atomic mass is 32.2. The first-order chi connectivity index (χ1) is 11.3. The molecule has 130 valence electrons. The zero-order chi connectivity index (χ0) is 17.6. The van der Waals surface area contributed by atoms with Crippen molar-refractivity contribution in [1.29, 1.82) is 0 Å². The van der Waals surface area contributed by atoms with E-state index in [2.05, 4.69) is 4.72 Å². The maximum Gasteiger partial charge on any atom is 0.0979 e. The van der Waals surface area contributed by atoms with Gasteiger partial charge in [0.1, 0.15) is 0 Å². The molecular weight excluding hydrogens is 318 g/mol. The van der Waals surface area contributed by atoms with Gasteiger partial charge in [-0.2, -0.15) is 0 Å². The van der Waals surface area contributed by atoms with E-state index in [0.717, 1.165) is 11.1 Å². The van der Waals surface area contributed by atoms with E-state index >= 15 is 0 Å². The lowest BCUT2D eigenvalue weighted by molar-refractivity contribution is 0.0725. The van der Waals surface area contributed by atoms with Gasteiger partial charge in [-0.25, -0.2) is 8.93 Å². The number of rotatable bonds is 7. The fourth-order valence-corrected chi connectivity index (χ4v) is 3.17. The van der Waals surface area contributed by atoms with E-state index in [1.165, 1.54) is 0 Å². The maximum atomic E-state index is 12.6. The summed E-state index contributed by atoms with van der Waals surface area (Å²) >= 11 is 0. The normalized spacial score (nSPS) is 15.7. The average Bonchev–Trinajstić information content (AvgIpc) is 2.56. The van der Waals surface area contributed by atoms with E-state index in [4.69, 9.17) is 4.74 Å². The second kappa shape index (κ2) is 8.06. The van der Waals surface area contributed by atoms with Crippen molar-refractivity contribution in [2.24, 2.45) is 0 Å². The highest BCUT2D eigenvalue weighted by Gasteiger charge is 2.32. The molecule has 0 saturated carbocycles. The molecule has 2 aromatic carbocycles. The number of hydrogen-bond acceptors (Lipinski definition) is 2. The molecule has 0 bridgehead atoms. The Kier molecular flexibility index (Phi) is 6.33. The smallest absolute Gasteiger partial charge is 0.0979 e. The Morgan fingerprint density at radius 2 is 1.46 bits per heavy atom. The zero-order valence-electron chi connectivity index (χ0n) is 14.9. The van der Waals surface area contributed by atoms with Crippen molar-refractivity contribution in [3.8, 4) is 0 Å². The Hall–Kier alpha value is -1.49. The van der Waals surface area contributed by atoms with Crippen LogP contribution >= 0.6 is 0 Å². The molecule has 0 aliphatic rings. The number of hydrogen-bond donors (Lipinski definition) is 1. The highest BCUT2D eigenvalue weighted by Crippen LogP contribution is 2.24. The van der Waals surface area contributed by atoms with E-state index < -0.39 is 16.5 Å². The summed E-state index contributed by atoms with van der Waals surface area (Å²) in [5, 5.41) is 0. The molecule has 2 rings (SSSR count). The lowest BCUT2D eigenvalue weighted by atomic mass is 9.94. The minimum absolute atomic E-state index is 0.338. The minimum Gasteiger partial charge on any atom is -0.374 e. The van der Waals surface area contributed by atoms with Crippen LogP contribution in [0.15, 0.2) is 60.7 Å². The van der Waals surface area contributed by atoms with Gasteiger partial charge in [-0.3, -0.25) is 0 Å². The fourth-order valence-electron chi connectivity index (χ4n) is 2.28. The van der Waals surface area contributed by atoms with Gasteiger partial charge < -0.3 is 4.74 Å². The van der Waals surface area contributed by atoms with Gasteiger partial charge in [-0.05, 0) is 38.8 Å². The van der Waals surface area contributed by atoms with Crippen molar-refractivity contribution < 1.29 is 8.95 Å². The van der Waals surface area contributed by atoms with Gasteiger partial charge in [-0.1, -0.05) is 60.7 Å². The van der Waals surface area contributed by atoms with Crippen LogP contribution in [-0.2, 0) is 27.9 Å². The highest BCUT2D eigenvalue weighted by molar-refractivity contribution is 7.84. The quantitative estimate of drug-likeness (QED) is 0.818. The monoisotopic (exact) mass is 345 g/mol. The first-order valence-electron chi connectivity index (χ1n) is 8.18. The summed E-state index contributed by atoms with van der Waals surface area (Å²) in [6.45, 7) is 8.91. The molecule has 4 heteroatoms. The Bertz CT molecular complexity index is 652. The molecule has 0 aromatic heterocycles. The van der Waals surface area contributed by atoms with Crippen LogP contribution in [0.1, 0.15) is 38.8 Å². The predicted octanol–water partition coefficient (Wildman–Crippen LogP) is 4.17. The molecule has 1 N–H and O–H groups in total. The molecule has 2 aromatic rings. The van der Waals surface area contributed by atoms with Crippen LogP contribution < -0.4 is 4.72 Å². The molecule has 3 nitrogen and oxygen atoms in total. The maximum absolute atomic E-state index is 12.6. The van der Waals surface area contributed by atoms with Crippen molar-refractivity contribution in [1.82, 2.24) is 4.72 Å². The van der Waals surface area contributed by atoms with E-state index in [0.29, 0.717) is 13.2 Å². The molecule has 0 fully saturated rings. The van der Waals surface area contributed by atoms with Crippen molar-refractivity contribution in [2.45, 2.75) is 44.6 Å². The number of nitrogens with one attached hydrogen (secondary N) is 1. The topological polar surface area (TPSA) is 38.3 Å². The summed E-state index contributed by atoms with van der Waals surface area (Å²) < 4.78 is 21.5. The summed E-state index contributed by atoms with van der Waals surface area (Å²) in [5.74, 6) is 0. The summed E-state index contributed by atoms with van der Waals surface area (Å²) in [6.07, 6.45) is 0. The van der Waals surface area contributed by atoms with Crippen LogP contribution in [0.25, 0.3) is 0 Å². The van der Waals surface area contributed by atoms with Crippen molar-refractivity contribution >= 4 is 11.0 Å². The van der Waals surface area contributed by atoms with Crippen LogP contribution in [0.5, 0.6) is 0 Å². The average molecular weight is 346 g/mol. The number of ether oxygens (including phenoxy) is 1. The molecule has 0 aliphatic carbocycles. The van der Waals surface area contributed by atoms with E-state index in [-0.39, 0.29) is 4.75 Å². The predicted molar refractivity (Wildman–Crippen MR) is 101 cm³/mol. The first-order valence-corrected chi connectivity index (χ1v) is 9.33. The van der Waals surface area contributed by atoms with Crippen molar-refractivity contribution in [3.05, 3.63) is 71.8 Å². The standard InChI is InChI=1S/C20H27NO2S/c1-19(2,3)24(22)21-20(4,18-13-9-6-10-14-18)16-23-15-17-11-7-5-8-12-17/h5-14,21H,15-16H2,1-4H3/t20-,24?/m1/s1. The van der Waals surface area contributed by atoms with Crippen LogP contribution in [0.3, 0.4) is 0 Å². The summed E-state index contributed by atoms with van der Waals surface area (Å²) in [6, 6.07) is 20.1. The van der Waals surface area contributed by atoms with Gasteiger partial charge >= 0.3 is 0 Å². The van der Waals surface area contributed by atoms with Gasteiger partial charge in [-0.15, -0.1) is 0 Å². The molecule has 0 heterocycles. The fraction of sp³-hybridized carbons (Fsp3) is 0.400. The summed E-state index contributed by atoms with van der Waals surface area (Å²) in [4.78, 5) is 0. The van der Waals surface area contributed by atoms with Crippen LogP contribution in [0.4, 0.5) is 0 Å². The van der Waals surface area contributed by atoms with Crippen LogP contribution in [0, 0.1) is 0 Å². The second-order valence-corrected chi connectivity index (χ2v) is 9.13. The second-order valence-electron chi connectivity index (χ2n) is 7.16. The molecule has 0 amide bonds. The SMILES string of the molecule is CC(C)(C)S(=O)N[C@](C)(COCc1ccccc1)c1ccccc1. The molecule has 0 saturated heterocycles. The van der Waals surface area contributed by atoms with Gasteiger partial charge in [0.25, 0.3) is 0 Å². The minimum atomic E-state index is -1.19. The first kappa shape index (κ1) is 18.8. The molecule has 0 spiro atoms. The Balaban J connectivity index is 2.12. The molecule has 1 unspecified atom stereocenters. The summed E-state index contributed by atoms with van der Waals surface area (Å²) in [5.41, 5.74) is 1.68. The summed E-state index contributed by atoms with van der Waals surface area (Å²) in [7, 11) is -1.19. The van der Waals surface area contributed by atoms with Gasteiger partial charge in [0, 0.05) is 0 Å². The molecule has 0 radical (unpaired) electrons. The lowest BCUT2D eigenvalue weighted by Gasteiger charge is -2.33. The van der Waals surface area contributed by atoms with Crippen LogP contribution in [0.2, 0.25) is 0 Å². The number of benzene rings is 2. The Morgan fingerprint density at radius 1 is 0.917 bits per heavy atom. The molecule has 2 atom stereocenters. The Labute approximate surface area is 148 Å². The van der Waals surface area contributed by atoms with Crippen molar-refractivity contribution in [2.75, 3.05) is 6.61 Å². The van der Waals surface area contributed by atoms with Gasteiger partial charge in [0.05, 0.1) is 34.5 Å².